The summed E-state index contributed by atoms with van der Waals surface area (Å²) in [6, 6.07) is 16.1. The van der Waals surface area contributed by atoms with Crippen molar-refractivity contribution in [3.63, 3.8) is 0 Å². The Labute approximate surface area is 241 Å². The van der Waals surface area contributed by atoms with Crippen LogP contribution in [0.1, 0.15) is 37.7 Å². The van der Waals surface area contributed by atoms with Gasteiger partial charge in [-0.05, 0) is 74.3 Å². The Bertz CT molecular complexity index is 1390. The number of likely N-dealkylation sites (tertiary alicyclic amines) is 1. The Morgan fingerprint density at radius 2 is 1.90 bits per heavy atom. The summed E-state index contributed by atoms with van der Waals surface area (Å²) in [5.74, 6) is 0.189. The zero-order chi connectivity index (χ0) is 27.5. The van der Waals surface area contributed by atoms with Gasteiger partial charge in [0.05, 0.1) is 18.3 Å². The average molecular weight is 562 g/mol. The number of rotatable bonds is 9. The van der Waals surface area contributed by atoms with Gasteiger partial charge in [0.25, 0.3) is 0 Å². The normalized spacial score (nSPS) is 20.1. The molecule has 0 bridgehead atoms. The van der Waals surface area contributed by atoms with Gasteiger partial charge < -0.3 is 14.5 Å². The second kappa shape index (κ2) is 12.4. The minimum absolute atomic E-state index is 0.173. The second-order valence-corrected chi connectivity index (χ2v) is 11.4. The van der Waals surface area contributed by atoms with Crippen LogP contribution in [0.25, 0.3) is 21.9 Å². The molecular weight excluding hydrogens is 525 g/mol. The van der Waals surface area contributed by atoms with Gasteiger partial charge in [-0.1, -0.05) is 54.1 Å². The molecule has 3 aromatic rings. The number of amidine groups is 1. The van der Waals surface area contributed by atoms with Gasteiger partial charge in [0.15, 0.2) is 5.82 Å². The average Bonchev–Trinajstić information content (AvgIpc) is 3.72. The third-order valence-corrected chi connectivity index (χ3v) is 8.80. The molecule has 40 heavy (non-hydrogen) atoms. The molecule has 3 aliphatic rings. The van der Waals surface area contributed by atoms with E-state index in [0.717, 1.165) is 49.1 Å². The van der Waals surface area contributed by atoms with Crippen LogP contribution < -0.4 is 0 Å². The summed E-state index contributed by atoms with van der Waals surface area (Å²) in [4.78, 5) is 16.2. The number of hydrogen-bond acceptors (Lipinski definition) is 5. The maximum absolute atomic E-state index is 16.4. The standard InChI is InChI=1S/C32H37ClFN5O/c1-35-31-27(19-28(33)29(30(31)34)26-13-6-10-23-9-2-3-12-25(23)26)32(39-20-24-11-7-17-38(24)22-39)36-21-40-18-8-16-37-14-4-5-15-37/h2-3,6,9-10,12-13,19,24H,1,4-5,7-8,11,14-18,20-22H2. The van der Waals surface area contributed by atoms with Crippen molar-refractivity contribution in [1.29, 1.82) is 0 Å². The van der Waals surface area contributed by atoms with Crippen molar-refractivity contribution in [2.75, 3.05) is 52.7 Å². The molecule has 0 spiro atoms. The fourth-order valence-electron chi connectivity index (χ4n) is 6.52. The first kappa shape index (κ1) is 27.3. The summed E-state index contributed by atoms with van der Waals surface area (Å²) < 4.78 is 22.3. The van der Waals surface area contributed by atoms with Crippen molar-refractivity contribution in [1.82, 2.24) is 14.7 Å². The van der Waals surface area contributed by atoms with E-state index >= 15 is 4.39 Å². The third kappa shape index (κ3) is 5.53. The Morgan fingerprint density at radius 1 is 1.07 bits per heavy atom. The molecule has 3 fully saturated rings. The molecule has 1 atom stereocenters. The smallest absolute Gasteiger partial charge is 0.158 e. The molecule has 3 aliphatic heterocycles. The van der Waals surface area contributed by atoms with Gasteiger partial charge in [-0.3, -0.25) is 9.89 Å². The number of nitrogens with zero attached hydrogens (tertiary/aromatic N) is 5. The zero-order valence-corrected chi connectivity index (χ0v) is 23.8. The highest BCUT2D eigenvalue weighted by molar-refractivity contribution is 6.34. The SMILES string of the molecule is C=Nc1c(C(=NCOCCCN2CCCC2)N2CC3CCCN3C2)cc(Cl)c(-c2cccc3ccccc23)c1F. The predicted molar refractivity (Wildman–Crippen MR) is 163 cm³/mol. The van der Waals surface area contributed by atoms with E-state index in [-0.39, 0.29) is 12.4 Å². The van der Waals surface area contributed by atoms with E-state index < -0.39 is 5.82 Å². The van der Waals surface area contributed by atoms with E-state index in [1.54, 1.807) is 6.07 Å². The van der Waals surface area contributed by atoms with Gasteiger partial charge in [-0.2, -0.15) is 0 Å². The molecule has 3 aromatic carbocycles. The maximum atomic E-state index is 16.4. The van der Waals surface area contributed by atoms with Gasteiger partial charge in [-0.25, -0.2) is 9.38 Å². The number of benzene rings is 3. The van der Waals surface area contributed by atoms with Crippen LogP contribution in [0.4, 0.5) is 10.1 Å². The fourth-order valence-corrected chi connectivity index (χ4v) is 6.81. The minimum Gasteiger partial charge on any atom is -0.359 e. The first-order valence-electron chi connectivity index (χ1n) is 14.4. The first-order valence-corrected chi connectivity index (χ1v) is 14.8. The highest BCUT2D eigenvalue weighted by Crippen LogP contribution is 2.42. The van der Waals surface area contributed by atoms with Gasteiger partial charge >= 0.3 is 0 Å². The van der Waals surface area contributed by atoms with Gasteiger partial charge in [0.2, 0.25) is 0 Å². The maximum Gasteiger partial charge on any atom is 0.158 e. The molecule has 0 amide bonds. The van der Waals surface area contributed by atoms with Crippen molar-refractivity contribution in [3.8, 4) is 11.1 Å². The number of aliphatic imine (C=N–C) groups is 2. The summed E-state index contributed by atoms with van der Waals surface area (Å²) >= 11 is 6.89. The third-order valence-electron chi connectivity index (χ3n) is 8.50. The lowest BCUT2D eigenvalue weighted by Crippen LogP contribution is -2.33. The molecule has 0 radical (unpaired) electrons. The van der Waals surface area contributed by atoms with Crippen LogP contribution >= 0.6 is 11.6 Å². The highest BCUT2D eigenvalue weighted by atomic mass is 35.5. The van der Waals surface area contributed by atoms with Crippen molar-refractivity contribution in [3.05, 3.63) is 64.9 Å². The van der Waals surface area contributed by atoms with Crippen LogP contribution in [0.2, 0.25) is 5.02 Å². The Kier molecular flexibility index (Phi) is 8.44. The summed E-state index contributed by atoms with van der Waals surface area (Å²) in [6.07, 6.45) is 5.94. The molecule has 0 N–H and O–H groups in total. The minimum atomic E-state index is -0.479. The summed E-state index contributed by atoms with van der Waals surface area (Å²) in [7, 11) is 0. The topological polar surface area (TPSA) is 43.7 Å². The fraction of sp³-hybridized carbons (Fsp3) is 0.438. The van der Waals surface area contributed by atoms with Gasteiger partial charge in [0, 0.05) is 36.8 Å². The summed E-state index contributed by atoms with van der Waals surface area (Å²) in [6.45, 7) is 10.7. The molecule has 3 saturated heterocycles. The largest absolute Gasteiger partial charge is 0.359 e. The molecular formula is C32H37ClFN5O. The van der Waals surface area contributed by atoms with Crippen molar-refractivity contribution >= 4 is 40.6 Å². The number of ether oxygens (including phenoxy) is 1. The van der Waals surface area contributed by atoms with Crippen molar-refractivity contribution < 1.29 is 9.13 Å². The van der Waals surface area contributed by atoms with E-state index in [2.05, 4.69) is 26.4 Å². The lowest BCUT2D eigenvalue weighted by molar-refractivity contribution is 0.130. The molecule has 6 rings (SSSR count). The highest BCUT2D eigenvalue weighted by Gasteiger charge is 2.36. The van der Waals surface area contributed by atoms with Crippen LogP contribution in [0.5, 0.6) is 0 Å². The van der Waals surface area contributed by atoms with E-state index in [1.807, 2.05) is 42.5 Å². The van der Waals surface area contributed by atoms with Crippen LogP contribution in [-0.2, 0) is 4.74 Å². The molecule has 0 aromatic heterocycles. The molecule has 3 heterocycles. The molecule has 1 unspecified atom stereocenters. The first-order chi connectivity index (χ1) is 19.6. The van der Waals surface area contributed by atoms with Gasteiger partial charge in [0.1, 0.15) is 18.3 Å². The quantitative estimate of drug-likeness (QED) is 0.168. The van der Waals surface area contributed by atoms with E-state index in [1.165, 1.54) is 38.8 Å². The zero-order valence-electron chi connectivity index (χ0n) is 23.0. The van der Waals surface area contributed by atoms with Crippen molar-refractivity contribution in [2.24, 2.45) is 9.98 Å². The number of hydrogen-bond donors (Lipinski definition) is 0. The second-order valence-electron chi connectivity index (χ2n) is 11.0. The lowest BCUT2D eigenvalue weighted by Gasteiger charge is -2.24. The van der Waals surface area contributed by atoms with E-state index in [9.17, 15) is 0 Å². The van der Waals surface area contributed by atoms with Gasteiger partial charge in [-0.15, -0.1) is 0 Å². The Hall–Kier alpha value is -2.84. The van der Waals surface area contributed by atoms with Crippen LogP contribution in [0.15, 0.2) is 58.5 Å². The predicted octanol–water partition coefficient (Wildman–Crippen LogP) is 6.58. The summed E-state index contributed by atoms with van der Waals surface area (Å²) in [5, 5.41) is 2.29. The number of halogens is 2. The summed E-state index contributed by atoms with van der Waals surface area (Å²) in [5.41, 5.74) is 1.80. The van der Waals surface area contributed by atoms with Crippen LogP contribution in [-0.4, -0.2) is 86.0 Å². The lowest BCUT2D eigenvalue weighted by atomic mass is 9.95. The monoisotopic (exact) mass is 561 g/mol. The van der Waals surface area contributed by atoms with Crippen LogP contribution in [0, 0.1) is 5.82 Å². The Balaban J connectivity index is 1.31. The van der Waals surface area contributed by atoms with Crippen molar-refractivity contribution in [2.45, 2.75) is 38.1 Å². The molecule has 0 aliphatic carbocycles. The molecule has 210 valence electrons. The van der Waals surface area contributed by atoms with E-state index in [0.29, 0.717) is 34.6 Å². The van der Waals surface area contributed by atoms with E-state index in [4.69, 9.17) is 21.3 Å². The molecule has 0 saturated carbocycles. The number of fused-ring (bicyclic) bond motifs is 2. The van der Waals surface area contributed by atoms with Crippen LogP contribution in [0.3, 0.4) is 0 Å². The Morgan fingerprint density at radius 3 is 2.73 bits per heavy atom. The molecule has 8 heteroatoms. The molecule has 6 nitrogen and oxygen atoms in total.